The minimum absolute atomic E-state index is 0.230. The highest BCUT2D eigenvalue weighted by Gasteiger charge is 2.15. The number of halogens is 1. The minimum Gasteiger partial charge on any atom is -0.494 e. The lowest BCUT2D eigenvalue weighted by Crippen LogP contribution is -2.04. The number of hydrogen-bond acceptors (Lipinski definition) is 1. The van der Waals surface area contributed by atoms with Crippen molar-refractivity contribution in [3.63, 3.8) is 0 Å². The number of rotatable bonds is 8. The molecule has 0 atom stereocenters. The van der Waals surface area contributed by atoms with Gasteiger partial charge in [0.2, 0.25) is 0 Å². The maximum Gasteiger partial charge on any atom is 0.134 e. The Morgan fingerprint density at radius 2 is 1.85 bits per heavy atom. The van der Waals surface area contributed by atoms with Gasteiger partial charge in [-0.05, 0) is 24.3 Å². The first-order valence-corrected chi connectivity index (χ1v) is 6.91. The second-order valence-electron chi connectivity index (χ2n) is 5.02. The molecule has 1 nitrogen and oxygen atoms in total. The average molecular weight is 274 g/mol. The van der Waals surface area contributed by atoms with Gasteiger partial charge in [0.25, 0.3) is 0 Å². The molecule has 0 aromatic rings. The molecule has 2 heteroatoms. The van der Waals surface area contributed by atoms with Crippen LogP contribution in [0.15, 0.2) is 73.4 Å². The molecule has 0 unspecified atom stereocenters. The number of hydrogen-bond donors (Lipinski definition) is 0. The van der Waals surface area contributed by atoms with Gasteiger partial charge in [0.15, 0.2) is 0 Å². The summed E-state index contributed by atoms with van der Waals surface area (Å²) in [6.07, 6.45) is 11.1. The third-order valence-corrected chi connectivity index (χ3v) is 3.38. The highest BCUT2D eigenvalue weighted by Crippen LogP contribution is 2.26. The van der Waals surface area contributed by atoms with E-state index < -0.39 is 5.83 Å². The summed E-state index contributed by atoms with van der Waals surface area (Å²) in [5.74, 6) is 0.438. The molecule has 1 aliphatic rings. The molecule has 0 radical (unpaired) electrons. The Morgan fingerprint density at radius 1 is 1.20 bits per heavy atom. The zero-order chi connectivity index (χ0) is 15.0. The zero-order valence-electron chi connectivity index (χ0n) is 12.0. The van der Waals surface area contributed by atoms with Crippen LogP contribution in [0.2, 0.25) is 0 Å². The molecule has 20 heavy (non-hydrogen) atoms. The van der Waals surface area contributed by atoms with Gasteiger partial charge in [0.1, 0.15) is 11.6 Å². The van der Waals surface area contributed by atoms with Crippen molar-refractivity contribution in [2.75, 3.05) is 6.61 Å². The van der Waals surface area contributed by atoms with Crippen LogP contribution in [0.3, 0.4) is 0 Å². The molecule has 0 saturated heterocycles. The highest BCUT2D eigenvalue weighted by molar-refractivity contribution is 5.47. The van der Waals surface area contributed by atoms with E-state index >= 15 is 0 Å². The van der Waals surface area contributed by atoms with Crippen molar-refractivity contribution in [2.45, 2.75) is 25.7 Å². The fourth-order valence-corrected chi connectivity index (χ4v) is 2.11. The molecule has 108 valence electrons. The number of allylic oxidation sites excluding steroid dienone is 7. The van der Waals surface area contributed by atoms with Crippen molar-refractivity contribution >= 4 is 0 Å². The van der Waals surface area contributed by atoms with E-state index in [1.54, 1.807) is 18.2 Å². The van der Waals surface area contributed by atoms with Gasteiger partial charge in [-0.3, -0.25) is 0 Å². The summed E-state index contributed by atoms with van der Waals surface area (Å²) >= 11 is 0. The average Bonchev–Trinajstić information content (AvgIpc) is 2.94. The van der Waals surface area contributed by atoms with Crippen LogP contribution in [0, 0.1) is 5.92 Å². The Kier molecular flexibility index (Phi) is 6.78. The molecule has 0 heterocycles. The molecule has 1 saturated carbocycles. The highest BCUT2D eigenvalue weighted by atomic mass is 19.1. The van der Waals surface area contributed by atoms with E-state index in [0.29, 0.717) is 23.9 Å². The van der Waals surface area contributed by atoms with Crippen LogP contribution < -0.4 is 0 Å². The lowest BCUT2D eigenvalue weighted by Gasteiger charge is -2.11. The van der Waals surface area contributed by atoms with Crippen molar-refractivity contribution < 1.29 is 9.13 Å². The summed E-state index contributed by atoms with van der Waals surface area (Å²) < 4.78 is 19.4. The maximum atomic E-state index is 13.9. The lowest BCUT2D eigenvalue weighted by atomic mass is 10.1. The molecule has 0 aliphatic heterocycles. The van der Waals surface area contributed by atoms with Crippen LogP contribution in [-0.4, -0.2) is 6.61 Å². The molecular weight excluding hydrogens is 251 g/mol. The molecule has 0 spiro atoms. The van der Waals surface area contributed by atoms with Crippen LogP contribution in [-0.2, 0) is 4.74 Å². The Labute approximate surface area is 121 Å². The summed E-state index contributed by atoms with van der Waals surface area (Å²) in [7, 11) is 0. The smallest absolute Gasteiger partial charge is 0.134 e. The van der Waals surface area contributed by atoms with E-state index in [4.69, 9.17) is 4.74 Å². The minimum atomic E-state index is -0.472. The second kappa shape index (κ2) is 8.36. The Bertz CT molecular complexity index is 448. The van der Waals surface area contributed by atoms with E-state index in [1.165, 1.54) is 31.8 Å². The largest absolute Gasteiger partial charge is 0.494 e. The topological polar surface area (TPSA) is 9.23 Å². The molecule has 0 bridgehead atoms. The van der Waals surface area contributed by atoms with Crippen molar-refractivity contribution in [1.82, 2.24) is 0 Å². The first-order valence-electron chi connectivity index (χ1n) is 6.91. The van der Waals surface area contributed by atoms with E-state index in [0.717, 1.165) is 0 Å². The van der Waals surface area contributed by atoms with Gasteiger partial charge in [-0.25, -0.2) is 4.39 Å². The predicted molar refractivity (Wildman–Crippen MR) is 83.9 cm³/mol. The first-order chi connectivity index (χ1) is 9.54. The predicted octanol–water partition coefficient (Wildman–Crippen LogP) is 5.41. The standard InChI is InChI=1S/C18H23FO/c1-5-6-9-14(2)16(4)18(19)12-15(3)20-13-17-10-7-8-11-17/h5-6,9,12,17H,1-4,7-8,10-11,13H2/b9-6-,18-12+. The number of ether oxygens (including phenoxy) is 1. The molecular formula is C18H23FO. The molecule has 0 amide bonds. The third kappa shape index (κ3) is 5.43. The van der Waals surface area contributed by atoms with Gasteiger partial charge in [-0.2, -0.15) is 0 Å². The Balaban J connectivity index is 2.47. The van der Waals surface area contributed by atoms with E-state index in [2.05, 4.69) is 26.3 Å². The molecule has 1 fully saturated rings. The second-order valence-corrected chi connectivity index (χ2v) is 5.02. The summed E-state index contributed by atoms with van der Waals surface area (Å²) in [5, 5.41) is 0. The Hall–Kier alpha value is -1.83. The van der Waals surface area contributed by atoms with Gasteiger partial charge in [-0.15, -0.1) is 0 Å². The fourth-order valence-electron chi connectivity index (χ4n) is 2.11. The lowest BCUT2D eigenvalue weighted by molar-refractivity contribution is 0.177. The summed E-state index contributed by atoms with van der Waals surface area (Å²) in [5.41, 5.74) is 0.732. The van der Waals surface area contributed by atoms with Crippen molar-refractivity contribution in [3.05, 3.63) is 73.4 Å². The van der Waals surface area contributed by atoms with E-state index in [1.807, 2.05) is 0 Å². The SMILES string of the molecule is C=C/C=C\C(=C)C(=C)/C(F)=C\C(=C)OCC1CCCC1. The molecule has 0 aromatic carbocycles. The van der Waals surface area contributed by atoms with Gasteiger partial charge in [0, 0.05) is 11.6 Å². The van der Waals surface area contributed by atoms with Crippen LogP contribution >= 0.6 is 0 Å². The van der Waals surface area contributed by atoms with Gasteiger partial charge in [-0.1, -0.05) is 57.4 Å². The van der Waals surface area contributed by atoms with Gasteiger partial charge in [0.05, 0.1) is 6.61 Å². The van der Waals surface area contributed by atoms with Crippen molar-refractivity contribution in [3.8, 4) is 0 Å². The summed E-state index contributed by atoms with van der Waals surface area (Å²) in [6, 6.07) is 0. The van der Waals surface area contributed by atoms with Crippen LogP contribution in [0.5, 0.6) is 0 Å². The Morgan fingerprint density at radius 3 is 2.45 bits per heavy atom. The fraction of sp³-hybridized carbons (Fsp3) is 0.333. The first kappa shape index (κ1) is 16.2. The molecule has 1 aliphatic carbocycles. The van der Waals surface area contributed by atoms with E-state index in [-0.39, 0.29) is 5.57 Å². The normalized spacial score (nSPS) is 16.4. The van der Waals surface area contributed by atoms with Gasteiger partial charge >= 0.3 is 0 Å². The van der Waals surface area contributed by atoms with Crippen LogP contribution in [0.4, 0.5) is 4.39 Å². The molecule has 1 rings (SSSR count). The third-order valence-electron chi connectivity index (χ3n) is 3.38. The van der Waals surface area contributed by atoms with Crippen molar-refractivity contribution in [1.29, 1.82) is 0 Å². The van der Waals surface area contributed by atoms with Crippen LogP contribution in [0.1, 0.15) is 25.7 Å². The molecule has 0 aromatic heterocycles. The summed E-state index contributed by atoms with van der Waals surface area (Å²) in [4.78, 5) is 0. The maximum absolute atomic E-state index is 13.9. The monoisotopic (exact) mass is 274 g/mol. The molecule has 0 N–H and O–H groups in total. The van der Waals surface area contributed by atoms with E-state index in [9.17, 15) is 4.39 Å². The quantitative estimate of drug-likeness (QED) is 0.424. The van der Waals surface area contributed by atoms with Crippen LogP contribution in [0.25, 0.3) is 0 Å². The zero-order valence-corrected chi connectivity index (χ0v) is 12.0. The van der Waals surface area contributed by atoms with Crippen molar-refractivity contribution in [2.24, 2.45) is 5.92 Å². The summed E-state index contributed by atoms with van der Waals surface area (Å²) in [6.45, 7) is 15.3. The van der Waals surface area contributed by atoms with Gasteiger partial charge < -0.3 is 4.74 Å².